The molecule has 0 atom stereocenters. The van der Waals surface area contributed by atoms with E-state index in [-0.39, 0.29) is 12.5 Å². The van der Waals surface area contributed by atoms with E-state index >= 15 is 0 Å². The number of hydrogen-bond acceptors (Lipinski definition) is 8. The van der Waals surface area contributed by atoms with Crippen LogP contribution in [0, 0.1) is 0 Å². The van der Waals surface area contributed by atoms with Crippen molar-refractivity contribution in [3.05, 3.63) is 70.2 Å². The number of thiazole rings is 1. The topological polar surface area (TPSA) is 99.7 Å². The summed E-state index contributed by atoms with van der Waals surface area (Å²) < 4.78 is 16.9. The minimum Gasteiger partial charge on any atom is -0.493 e. The normalized spacial score (nSPS) is 10.7. The Bertz CT molecular complexity index is 1300. The van der Waals surface area contributed by atoms with Crippen molar-refractivity contribution in [3.63, 3.8) is 0 Å². The van der Waals surface area contributed by atoms with Gasteiger partial charge in [-0.3, -0.25) is 18.8 Å². The molecule has 10 heteroatoms. The lowest BCUT2D eigenvalue weighted by molar-refractivity contribution is -0.115. The van der Waals surface area contributed by atoms with Crippen LogP contribution in [-0.2, 0) is 11.3 Å². The van der Waals surface area contributed by atoms with E-state index in [9.17, 15) is 9.59 Å². The molecule has 2 aromatic heterocycles. The van der Waals surface area contributed by atoms with Crippen molar-refractivity contribution in [2.45, 2.75) is 13.5 Å². The van der Waals surface area contributed by atoms with Crippen LogP contribution in [0.25, 0.3) is 11.4 Å². The standard InChI is InChI=1S/C22H20N4O5S/c1-14(27)26(17-7-5-4-6-8-17)21-23-16(13-32-21)12-25-20(24-31-22(25)28)15-9-10-18(29-2)19(11-15)30-3/h4-11,13H,12H2,1-3H3. The molecule has 4 aromatic rings. The molecule has 0 aliphatic carbocycles. The van der Waals surface area contributed by atoms with Crippen molar-refractivity contribution in [3.8, 4) is 22.9 Å². The van der Waals surface area contributed by atoms with Gasteiger partial charge in [0.25, 0.3) is 0 Å². The predicted molar refractivity (Wildman–Crippen MR) is 120 cm³/mol. The smallest absolute Gasteiger partial charge is 0.442 e. The van der Waals surface area contributed by atoms with E-state index in [0.29, 0.717) is 39.4 Å². The molecule has 32 heavy (non-hydrogen) atoms. The van der Waals surface area contributed by atoms with E-state index in [0.717, 1.165) is 0 Å². The monoisotopic (exact) mass is 452 g/mol. The summed E-state index contributed by atoms with van der Waals surface area (Å²) in [4.78, 5) is 30.7. The van der Waals surface area contributed by atoms with Crippen LogP contribution >= 0.6 is 11.3 Å². The van der Waals surface area contributed by atoms with Crippen LogP contribution in [0.5, 0.6) is 11.5 Å². The van der Waals surface area contributed by atoms with Gasteiger partial charge in [0.05, 0.1) is 32.1 Å². The number of nitrogens with zero attached hydrogens (tertiary/aromatic N) is 4. The van der Waals surface area contributed by atoms with Gasteiger partial charge in [-0.15, -0.1) is 11.3 Å². The summed E-state index contributed by atoms with van der Waals surface area (Å²) in [6.45, 7) is 1.61. The van der Waals surface area contributed by atoms with Crippen molar-refractivity contribution >= 4 is 28.1 Å². The summed E-state index contributed by atoms with van der Waals surface area (Å²) in [6, 6.07) is 14.5. The highest BCUT2D eigenvalue weighted by molar-refractivity contribution is 7.14. The van der Waals surface area contributed by atoms with Crippen LogP contribution in [0.4, 0.5) is 10.8 Å². The first-order chi connectivity index (χ1) is 15.5. The highest BCUT2D eigenvalue weighted by Crippen LogP contribution is 2.32. The number of aromatic nitrogens is 3. The van der Waals surface area contributed by atoms with Gasteiger partial charge in [0.15, 0.2) is 22.5 Å². The number of amides is 1. The molecule has 0 aliphatic rings. The van der Waals surface area contributed by atoms with Crippen LogP contribution in [0.1, 0.15) is 12.6 Å². The van der Waals surface area contributed by atoms with Crippen LogP contribution in [-0.4, -0.2) is 34.8 Å². The van der Waals surface area contributed by atoms with E-state index in [1.54, 1.807) is 30.7 Å². The van der Waals surface area contributed by atoms with E-state index in [4.69, 9.17) is 14.0 Å². The Morgan fingerprint density at radius 1 is 1.12 bits per heavy atom. The Hall–Kier alpha value is -3.92. The second-order valence-corrected chi connectivity index (χ2v) is 7.58. The zero-order chi connectivity index (χ0) is 22.7. The van der Waals surface area contributed by atoms with Crippen LogP contribution in [0.15, 0.2) is 63.2 Å². The van der Waals surface area contributed by atoms with Crippen molar-refractivity contribution in [1.29, 1.82) is 0 Å². The SMILES string of the molecule is COc1ccc(-c2noc(=O)n2Cc2csc(N(C(C)=O)c3ccccc3)n2)cc1OC. The zero-order valence-electron chi connectivity index (χ0n) is 17.6. The molecular weight excluding hydrogens is 432 g/mol. The number of carbonyl (C=O) groups is 1. The highest BCUT2D eigenvalue weighted by Gasteiger charge is 2.20. The van der Waals surface area contributed by atoms with E-state index < -0.39 is 5.76 Å². The third-order valence-electron chi connectivity index (χ3n) is 4.71. The molecule has 2 aromatic carbocycles. The summed E-state index contributed by atoms with van der Waals surface area (Å²) in [7, 11) is 3.07. The number of benzene rings is 2. The summed E-state index contributed by atoms with van der Waals surface area (Å²) in [5, 5.41) is 6.23. The van der Waals surface area contributed by atoms with Gasteiger partial charge in [-0.2, -0.15) is 0 Å². The van der Waals surface area contributed by atoms with Crippen LogP contribution in [0.3, 0.4) is 0 Å². The summed E-state index contributed by atoms with van der Waals surface area (Å²) >= 11 is 1.31. The molecule has 0 spiro atoms. The lowest BCUT2D eigenvalue weighted by atomic mass is 10.2. The Kier molecular flexibility index (Phi) is 6.04. The number of hydrogen-bond donors (Lipinski definition) is 0. The summed E-state index contributed by atoms with van der Waals surface area (Å²) in [6.07, 6.45) is 0. The molecule has 0 bridgehead atoms. The third-order valence-corrected chi connectivity index (χ3v) is 5.58. The van der Waals surface area contributed by atoms with Crippen molar-refractivity contribution in [1.82, 2.24) is 14.7 Å². The quantitative estimate of drug-likeness (QED) is 0.421. The molecule has 0 radical (unpaired) electrons. The van der Waals surface area contributed by atoms with Gasteiger partial charge in [-0.05, 0) is 30.3 Å². The number of para-hydroxylation sites is 1. The van der Waals surface area contributed by atoms with Gasteiger partial charge in [0.2, 0.25) is 5.91 Å². The molecule has 0 saturated heterocycles. The zero-order valence-corrected chi connectivity index (χ0v) is 18.5. The van der Waals surface area contributed by atoms with Gasteiger partial charge >= 0.3 is 5.76 Å². The Labute approximate surface area is 187 Å². The Morgan fingerprint density at radius 2 is 1.88 bits per heavy atom. The fraction of sp³-hybridized carbons (Fsp3) is 0.182. The van der Waals surface area contributed by atoms with Crippen molar-refractivity contribution < 1.29 is 18.8 Å². The van der Waals surface area contributed by atoms with Gasteiger partial charge < -0.3 is 9.47 Å². The lowest BCUT2D eigenvalue weighted by Gasteiger charge is -2.17. The second-order valence-electron chi connectivity index (χ2n) is 6.74. The second kappa shape index (κ2) is 9.06. The maximum Gasteiger partial charge on any atom is 0.442 e. The van der Waals surface area contributed by atoms with Crippen molar-refractivity contribution in [2.24, 2.45) is 0 Å². The number of anilines is 2. The summed E-state index contributed by atoms with van der Waals surface area (Å²) in [5.74, 6) is 0.615. The van der Waals surface area contributed by atoms with Crippen molar-refractivity contribution in [2.75, 3.05) is 19.1 Å². The average Bonchev–Trinajstić information content (AvgIpc) is 3.41. The van der Waals surface area contributed by atoms with E-state index in [2.05, 4.69) is 10.1 Å². The first-order valence-corrected chi connectivity index (χ1v) is 10.5. The molecule has 9 nitrogen and oxygen atoms in total. The van der Waals surface area contributed by atoms with Crippen LogP contribution < -0.4 is 20.1 Å². The number of carbonyl (C=O) groups excluding carboxylic acids is 1. The van der Waals surface area contributed by atoms with Gasteiger partial charge in [0, 0.05) is 17.9 Å². The van der Waals surface area contributed by atoms with Gasteiger partial charge in [-0.1, -0.05) is 23.4 Å². The fourth-order valence-electron chi connectivity index (χ4n) is 3.23. The highest BCUT2D eigenvalue weighted by atomic mass is 32.1. The molecular formula is C22H20N4O5S. The number of ether oxygens (including phenoxy) is 2. The Balaban J connectivity index is 1.66. The van der Waals surface area contributed by atoms with Gasteiger partial charge in [-0.25, -0.2) is 9.78 Å². The molecule has 164 valence electrons. The third kappa shape index (κ3) is 4.12. The maximum absolute atomic E-state index is 12.4. The predicted octanol–water partition coefficient (Wildman–Crippen LogP) is 3.71. The van der Waals surface area contributed by atoms with E-state index in [1.807, 2.05) is 30.3 Å². The van der Waals surface area contributed by atoms with E-state index in [1.165, 1.54) is 34.8 Å². The largest absolute Gasteiger partial charge is 0.493 e. The molecule has 0 aliphatic heterocycles. The minimum atomic E-state index is -0.615. The summed E-state index contributed by atoms with van der Waals surface area (Å²) in [5.41, 5.74) is 1.94. The molecule has 0 saturated carbocycles. The number of rotatable bonds is 7. The molecule has 4 rings (SSSR count). The molecule has 0 N–H and O–H groups in total. The Morgan fingerprint density at radius 3 is 2.56 bits per heavy atom. The first-order valence-electron chi connectivity index (χ1n) is 9.61. The molecule has 0 fully saturated rings. The molecule has 1 amide bonds. The number of methoxy groups -OCH3 is 2. The van der Waals surface area contributed by atoms with Crippen LogP contribution in [0.2, 0.25) is 0 Å². The fourth-order valence-corrected chi connectivity index (χ4v) is 4.11. The maximum atomic E-state index is 12.4. The van der Waals surface area contributed by atoms with Gasteiger partial charge in [0.1, 0.15) is 0 Å². The first kappa shape index (κ1) is 21.3. The molecule has 2 heterocycles. The average molecular weight is 452 g/mol. The lowest BCUT2D eigenvalue weighted by Crippen LogP contribution is -2.22. The minimum absolute atomic E-state index is 0.128. The molecule has 0 unspecified atom stereocenters.